The first-order valence-electron chi connectivity index (χ1n) is 6.39. The predicted molar refractivity (Wildman–Crippen MR) is 62.5 cm³/mol. The smallest absolute Gasteiger partial charge is 0.435 e. The number of rotatable bonds is 4. The molecule has 1 fully saturated rings. The van der Waals surface area contributed by atoms with E-state index in [2.05, 4.69) is 11.7 Å². The van der Waals surface area contributed by atoms with Gasteiger partial charge in [0.15, 0.2) is 5.69 Å². The highest BCUT2D eigenvalue weighted by molar-refractivity contribution is 5.42. The fraction of sp³-hybridized carbons (Fsp3) is 0.615. The van der Waals surface area contributed by atoms with Crippen LogP contribution in [-0.4, -0.2) is 16.4 Å². The number of hydrogen-bond donors (Lipinski definition) is 0. The summed E-state index contributed by atoms with van der Waals surface area (Å²) in [5, 5.41) is 3.75. The second-order valence-electron chi connectivity index (χ2n) is 5.14. The van der Waals surface area contributed by atoms with Crippen LogP contribution in [0.4, 0.5) is 13.2 Å². The quantitative estimate of drug-likeness (QED) is 0.787. The Morgan fingerprint density at radius 2 is 2.26 bits per heavy atom. The summed E-state index contributed by atoms with van der Waals surface area (Å²) in [6.07, 6.45) is -2.81. The summed E-state index contributed by atoms with van der Waals surface area (Å²) >= 11 is 0. The molecule has 0 N–H and O–H groups in total. The molecule has 0 aliphatic heterocycles. The Bertz CT molecular complexity index is 533. The van der Waals surface area contributed by atoms with Crippen molar-refractivity contribution in [3.63, 3.8) is 0 Å². The van der Waals surface area contributed by atoms with Crippen LogP contribution >= 0.6 is 0 Å². The molecule has 0 spiro atoms. The van der Waals surface area contributed by atoms with Crippen LogP contribution in [-0.2, 0) is 23.9 Å². The van der Waals surface area contributed by atoms with E-state index in [1.807, 2.05) is 6.92 Å². The summed E-state index contributed by atoms with van der Waals surface area (Å²) in [5.74, 6) is 0.906. The molecule has 0 saturated heterocycles. The van der Waals surface area contributed by atoms with Crippen LogP contribution in [0.2, 0.25) is 0 Å². The van der Waals surface area contributed by atoms with Crippen LogP contribution in [0.5, 0.6) is 0 Å². The second-order valence-corrected chi connectivity index (χ2v) is 5.14. The SMILES string of the molecule is C=C(Cn1nc(C(F)(F)F)c2c1CC1CC21)OCC. The second kappa shape index (κ2) is 4.02. The minimum absolute atomic E-state index is 0.0701. The van der Waals surface area contributed by atoms with Crippen LogP contribution in [0, 0.1) is 5.92 Å². The van der Waals surface area contributed by atoms with Crippen LogP contribution in [0.15, 0.2) is 12.3 Å². The van der Waals surface area contributed by atoms with Gasteiger partial charge in [0.1, 0.15) is 5.76 Å². The Labute approximate surface area is 109 Å². The maximum atomic E-state index is 13.0. The van der Waals surface area contributed by atoms with E-state index in [-0.39, 0.29) is 12.5 Å². The Balaban J connectivity index is 1.94. The van der Waals surface area contributed by atoms with Gasteiger partial charge in [0.25, 0.3) is 0 Å². The molecule has 1 aromatic heterocycles. The fourth-order valence-corrected chi connectivity index (χ4v) is 2.95. The third-order valence-electron chi connectivity index (χ3n) is 3.79. The summed E-state index contributed by atoms with van der Waals surface area (Å²) in [4.78, 5) is 0. The highest BCUT2D eigenvalue weighted by Crippen LogP contribution is 2.58. The molecule has 6 heteroatoms. The van der Waals surface area contributed by atoms with E-state index in [9.17, 15) is 13.2 Å². The van der Waals surface area contributed by atoms with Crippen molar-refractivity contribution in [1.82, 2.24) is 9.78 Å². The van der Waals surface area contributed by atoms with Gasteiger partial charge in [-0.3, -0.25) is 4.68 Å². The minimum Gasteiger partial charge on any atom is -0.497 e. The first kappa shape index (κ1) is 12.6. The lowest BCUT2D eigenvalue weighted by atomic mass is 10.1. The molecule has 2 aliphatic rings. The Morgan fingerprint density at radius 3 is 2.89 bits per heavy atom. The van der Waals surface area contributed by atoms with Crippen molar-refractivity contribution in [2.75, 3.05) is 6.61 Å². The summed E-state index contributed by atoms with van der Waals surface area (Å²) in [6.45, 7) is 6.18. The number of halogens is 3. The van der Waals surface area contributed by atoms with Gasteiger partial charge in [-0.15, -0.1) is 0 Å². The van der Waals surface area contributed by atoms with Crippen molar-refractivity contribution in [3.8, 4) is 0 Å². The zero-order valence-electron chi connectivity index (χ0n) is 10.6. The van der Waals surface area contributed by atoms with Crippen molar-refractivity contribution >= 4 is 0 Å². The van der Waals surface area contributed by atoms with Crippen molar-refractivity contribution in [1.29, 1.82) is 0 Å². The number of nitrogens with zero attached hydrogens (tertiary/aromatic N) is 2. The Hall–Kier alpha value is -1.46. The molecule has 104 valence electrons. The minimum atomic E-state index is -4.38. The third kappa shape index (κ3) is 2.03. The van der Waals surface area contributed by atoms with Gasteiger partial charge in [0, 0.05) is 11.3 Å². The van der Waals surface area contributed by atoms with Gasteiger partial charge < -0.3 is 4.74 Å². The molecule has 0 aromatic carbocycles. The molecule has 2 unspecified atom stereocenters. The number of hydrogen-bond acceptors (Lipinski definition) is 2. The first-order valence-corrected chi connectivity index (χ1v) is 6.39. The van der Waals surface area contributed by atoms with Gasteiger partial charge in [-0.1, -0.05) is 6.58 Å². The van der Waals surface area contributed by atoms with E-state index >= 15 is 0 Å². The number of fused-ring (bicyclic) bond motifs is 3. The van der Waals surface area contributed by atoms with Crippen LogP contribution in [0.1, 0.15) is 36.2 Å². The van der Waals surface area contributed by atoms with Crippen LogP contribution in [0.3, 0.4) is 0 Å². The molecule has 19 heavy (non-hydrogen) atoms. The molecular weight excluding hydrogens is 257 g/mol. The molecule has 0 amide bonds. The summed E-state index contributed by atoms with van der Waals surface area (Å²) in [5.41, 5.74) is 0.424. The van der Waals surface area contributed by atoms with Gasteiger partial charge in [-0.25, -0.2) is 0 Å². The number of alkyl halides is 3. The summed E-state index contributed by atoms with van der Waals surface area (Å²) in [6, 6.07) is 0. The number of ether oxygens (including phenoxy) is 1. The highest BCUT2D eigenvalue weighted by Gasteiger charge is 2.53. The lowest BCUT2D eigenvalue weighted by molar-refractivity contribution is -0.142. The average molecular weight is 272 g/mol. The molecule has 1 aromatic rings. The summed E-state index contributed by atoms with van der Waals surface area (Å²) in [7, 11) is 0. The van der Waals surface area contributed by atoms with E-state index in [1.54, 1.807) is 0 Å². The topological polar surface area (TPSA) is 27.1 Å². The molecular formula is C13H15F3N2O. The van der Waals surface area contributed by atoms with Crippen molar-refractivity contribution in [3.05, 3.63) is 29.3 Å². The number of aromatic nitrogens is 2. The predicted octanol–water partition coefficient (Wildman–Crippen LogP) is 3.11. The molecule has 0 radical (unpaired) electrons. The fourth-order valence-electron chi connectivity index (χ4n) is 2.95. The molecule has 3 rings (SSSR count). The zero-order chi connectivity index (χ0) is 13.8. The van der Waals surface area contributed by atoms with Gasteiger partial charge in [0.2, 0.25) is 0 Å². The monoisotopic (exact) mass is 272 g/mol. The maximum Gasteiger partial charge on any atom is 0.435 e. The Morgan fingerprint density at radius 1 is 1.53 bits per heavy atom. The normalized spacial score (nSPS) is 24.0. The van der Waals surface area contributed by atoms with E-state index in [1.165, 1.54) is 4.68 Å². The van der Waals surface area contributed by atoms with Crippen molar-refractivity contribution in [2.45, 2.75) is 38.4 Å². The van der Waals surface area contributed by atoms with Crippen molar-refractivity contribution < 1.29 is 17.9 Å². The van der Waals surface area contributed by atoms with Crippen LogP contribution < -0.4 is 0 Å². The summed E-state index contributed by atoms with van der Waals surface area (Å²) < 4.78 is 45.6. The maximum absolute atomic E-state index is 13.0. The van der Waals surface area contributed by atoms with E-state index < -0.39 is 11.9 Å². The largest absolute Gasteiger partial charge is 0.497 e. The molecule has 2 aliphatic carbocycles. The standard InChI is InChI=1S/C13H15F3N2O/c1-3-19-7(2)6-18-10-5-8-4-9(8)11(10)12(17-18)13(14,15)16/h8-9H,2-6H2,1H3. The van der Waals surface area contributed by atoms with Gasteiger partial charge >= 0.3 is 6.18 Å². The van der Waals surface area contributed by atoms with Gasteiger partial charge in [0.05, 0.1) is 13.2 Å². The highest BCUT2D eigenvalue weighted by atomic mass is 19.4. The van der Waals surface area contributed by atoms with Gasteiger partial charge in [-0.2, -0.15) is 18.3 Å². The molecule has 1 heterocycles. The Kier molecular flexibility index (Phi) is 2.66. The van der Waals surface area contributed by atoms with E-state index in [0.29, 0.717) is 30.3 Å². The zero-order valence-corrected chi connectivity index (χ0v) is 10.6. The van der Waals surface area contributed by atoms with Crippen molar-refractivity contribution in [2.24, 2.45) is 5.92 Å². The van der Waals surface area contributed by atoms with Gasteiger partial charge in [-0.05, 0) is 31.6 Å². The molecule has 1 saturated carbocycles. The lowest BCUT2D eigenvalue weighted by Crippen LogP contribution is -2.12. The molecule has 3 nitrogen and oxygen atoms in total. The average Bonchev–Trinajstić information content (AvgIpc) is 2.80. The first-order chi connectivity index (χ1) is 8.91. The number of allylic oxidation sites excluding steroid dienone is 1. The van der Waals surface area contributed by atoms with E-state index in [0.717, 1.165) is 12.1 Å². The molecule has 0 bridgehead atoms. The van der Waals surface area contributed by atoms with E-state index in [4.69, 9.17) is 4.74 Å². The third-order valence-corrected chi connectivity index (χ3v) is 3.79. The molecule has 2 atom stereocenters. The van der Waals surface area contributed by atoms with Crippen LogP contribution in [0.25, 0.3) is 0 Å². The lowest BCUT2D eigenvalue weighted by Gasteiger charge is -2.09.